The number of nitrogens with zero attached hydrogens (tertiary/aromatic N) is 1. The third-order valence-corrected chi connectivity index (χ3v) is 5.60. The van der Waals surface area contributed by atoms with Crippen molar-refractivity contribution in [1.82, 2.24) is 4.90 Å². The van der Waals surface area contributed by atoms with Crippen molar-refractivity contribution in [2.45, 2.75) is 45.3 Å². The van der Waals surface area contributed by atoms with E-state index in [1.165, 1.54) is 0 Å². The van der Waals surface area contributed by atoms with Gasteiger partial charge >= 0.3 is 0 Å². The summed E-state index contributed by atoms with van der Waals surface area (Å²) in [6.45, 7) is 5.47. The largest absolute Gasteiger partial charge is 0.393 e. The molecular formula is C18H24ClNO3. The van der Waals surface area contributed by atoms with E-state index in [9.17, 15) is 9.90 Å². The molecule has 1 aromatic rings. The van der Waals surface area contributed by atoms with Crippen LogP contribution in [0.5, 0.6) is 0 Å². The Morgan fingerprint density at radius 2 is 2.09 bits per heavy atom. The standard InChI is InChI=1S/C18H24ClNO3/c1-11-9-15(19)12(2)8-14(11)18(22)20-6-7-23-10-16(20)13-4-3-5-17(13)21/h8-9,13,16-17,21H,3-7,10H2,1-2H3/t13-,16-,17+/m1/s1. The van der Waals surface area contributed by atoms with Gasteiger partial charge in [0.05, 0.1) is 25.4 Å². The molecule has 23 heavy (non-hydrogen) atoms. The van der Waals surface area contributed by atoms with Gasteiger partial charge in [-0.15, -0.1) is 0 Å². The molecule has 5 heteroatoms. The van der Waals surface area contributed by atoms with E-state index in [4.69, 9.17) is 16.3 Å². The van der Waals surface area contributed by atoms with Crippen LogP contribution in [0, 0.1) is 19.8 Å². The lowest BCUT2D eigenvalue weighted by Gasteiger charge is -2.40. The maximum Gasteiger partial charge on any atom is 0.254 e. The molecule has 0 bridgehead atoms. The van der Waals surface area contributed by atoms with Crippen LogP contribution in [0.25, 0.3) is 0 Å². The number of carbonyl (C=O) groups is 1. The van der Waals surface area contributed by atoms with Crippen molar-refractivity contribution in [3.8, 4) is 0 Å². The first-order valence-corrected chi connectivity index (χ1v) is 8.70. The Bertz CT molecular complexity index is 604. The van der Waals surface area contributed by atoms with E-state index in [2.05, 4.69) is 0 Å². The zero-order valence-electron chi connectivity index (χ0n) is 13.7. The van der Waals surface area contributed by atoms with Crippen LogP contribution < -0.4 is 0 Å². The van der Waals surface area contributed by atoms with Crippen molar-refractivity contribution in [3.63, 3.8) is 0 Å². The molecule has 2 fully saturated rings. The summed E-state index contributed by atoms with van der Waals surface area (Å²) in [7, 11) is 0. The first kappa shape index (κ1) is 16.7. The van der Waals surface area contributed by atoms with E-state index in [-0.39, 0.29) is 24.0 Å². The Morgan fingerprint density at radius 1 is 1.30 bits per heavy atom. The summed E-state index contributed by atoms with van der Waals surface area (Å²) in [4.78, 5) is 15.0. The highest BCUT2D eigenvalue weighted by atomic mass is 35.5. The van der Waals surface area contributed by atoms with Gasteiger partial charge in [0, 0.05) is 23.0 Å². The first-order valence-electron chi connectivity index (χ1n) is 8.32. The predicted octanol–water partition coefficient (Wildman–Crippen LogP) is 2.96. The van der Waals surface area contributed by atoms with Crippen molar-refractivity contribution in [1.29, 1.82) is 0 Å². The summed E-state index contributed by atoms with van der Waals surface area (Å²) >= 11 is 6.15. The summed E-state index contributed by atoms with van der Waals surface area (Å²) in [5.74, 6) is 0.141. The van der Waals surface area contributed by atoms with Gasteiger partial charge < -0.3 is 14.7 Å². The van der Waals surface area contributed by atoms with E-state index < -0.39 is 0 Å². The lowest BCUT2D eigenvalue weighted by molar-refractivity contribution is -0.0383. The fourth-order valence-corrected chi connectivity index (χ4v) is 4.03. The van der Waals surface area contributed by atoms with Crippen LogP contribution in [0.1, 0.15) is 40.7 Å². The molecule has 1 aromatic carbocycles. The summed E-state index contributed by atoms with van der Waals surface area (Å²) in [5, 5.41) is 10.9. The molecule has 3 atom stereocenters. The number of aliphatic hydroxyl groups is 1. The van der Waals surface area contributed by atoms with Gasteiger partial charge in [-0.05, 0) is 49.9 Å². The summed E-state index contributed by atoms with van der Waals surface area (Å²) in [5.41, 5.74) is 2.50. The molecule has 1 N–H and O–H groups in total. The number of hydrogen-bond donors (Lipinski definition) is 1. The molecule has 126 valence electrons. The molecule has 3 rings (SSSR count). The molecule has 4 nitrogen and oxygen atoms in total. The number of benzene rings is 1. The van der Waals surface area contributed by atoms with Gasteiger partial charge in [-0.2, -0.15) is 0 Å². The van der Waals surface area contributed by atoms with Gasteiger partial charge in [-0.3, -0.25) is 4.79 Å². The summed E-state index contributed by atoms with van der Waals surface area (Å²) < 4.78 is 5.61. The average Bonchev–Trinajstić information content (AvgIpc) is 2.96. The second-order valence-corrected chi connectivity index (χ2v) is 7.13. The SMILES string of the molecule is Cc1cc(C(=O)N2CCOC[C@@H]2[C@H]2CCC[C@@H]2O)c(C)cc1Cl. The molecule has 1 saturated heterocycles. The second kappa shape index (κ2) is 6.80. The van der Waals surface area contributed by atoms with Crippen molar-refractivity contribution in [2.75, 3.05) is 19.8 Å². The lowest BCUT2D eigenvalue weighted by atomic mass is 9.93. The van der Waals surface area contributed by atoms with Gasteiger partial charge in [-0.25, -0.2) is 0 Å². The van der Waals surface area contributed by atoms with Gasteiger partial charge in [0.1, 0.15) is 0 Å². The molecule has 1 amide bonds. The van der Waals surface area contributed by atoms with Crippen LogP contribution in [-0.4, -0.2) is 47.8 Å². The number of aliphatic hydroxyl groups excluding tert-OH is 1. The fourth-order valence-electron chi connectivity index (χ4n) is 3.81. The minimum Gasteiger partial charge on any atom is -0.393 e. The third-order valence-electron chi connectivity index (χ3n) is 5.19. The molecular weight excluding hydrogens is 314 g/mol. The van der Waals surface area contributed by atoms with Crippen molar-refractivity contribution in [2.24, 2.45) is 5.92 Å². The topological polar surface area (TPSA) is 49.8 Å². The molecule has 2 aliphatic rings. The van der Waals surface area contributed by atoms with Crippen LogP contribution >= 0.6 is 11.6 Å². The number of amides is 1. The Labute approximate surface area is 142 Å². The third kappa shape index (κ3) is 3.25. The van der Waals surface area contributed by atoms with Crippen molar-refractivity contribution in [3.05, 3.63) is 33.8 Å². The predicted molar refractivity (Wildman–Crippen MR) is 89.9 cm³/mol. The highest BCUT2D eigenvalue weighted by Gasteiger charge is 2.39. The molecule has 0 aromatic heterocycles. The molecule has 1 saturated carbocycles. The van der Waals surface area contributed by atoms with Gasteiger partial charge in [0.15, 0.2) is 0 Å². The second-order valence-electron chi connectivity index (χ2n) is 6.72. The van der Waals surface area contributed by atoms with Crippen LogP contribution in [0.3, 0.4) is 0 Å². The zero-order valence-corrected chi connectivity index (χ0v) is 14.5. The average molecular weight is 338 g/mol. The smallest absolute Gasteiger partial charge is 0.254 e. The number of carbonyl (C=O) groups excluding carboxylic acids is 1. The Balaban J connectivity index is 1.88. The highest BCUT2D eigenvalue weighted by molar-refractivity contribution is 6.31. The monoisotopic (exact) mass is 337 g/mol. The quantitative estimate of drug-likeness (QED) is 0.902. The van der Waals surface area contributed by atoms with Crippen molar-refractivity contribution >= 4 is 17.5 Å². The van der Waals surface area contributed by atoms with Gasteiger partial charge in [-0.1, -0.05) is 18.0 Å². The van der Waals surface area contributed by atoms with Crippen LogP contribution in [-0.2, 0) is 4.74 Å². The molecule has 1 aliphatic heterocycles. The summed E-state index contributed by atoms with van der Waals surface area (Å²) in [6.07, 6.45) is 2.47. The van der Waals surface area contributed by atoms with E-state index in [1.54, 1.807) is 0 Å². The number of rotatable bonds is 2. The maximum atomic E-state index is 13.1. The number of ether oxygens (including phenoxy) is 1. The molecule has 0 radical (unpaired) electrons. The zero-order chi connectivity index (χ0) is 16.6. The van der Waals surface area contributed by atoms with Crippen LogP contribution in [0.2, 0.25) is 5.02 Å². The first-order chi connectivity index (χ1) is 11.0. The fraction of sp³-hybridized carbons (Fsp3) is 0.611. The number of hydrogen-bond acceptors (Lipinski definition) is 3. The molecule has 1 heterocycles. The molecule has 1 aliphatic carbocycles. The minimum atomic E-state index is -0.329. The van der Waals surface area contributed by atoms with Crippen molar-refractivity contribution < 1.29 is 14.6 Å². The lowest BCUT2D eigenvalue weighted by Crippen LogP contribution is -2.53. The van der Waals surface area contributed by atoms with E-state index >= 15 is 0 Å². The Morgan fingerprint density at radius 3 is 2.78 bits per heavy atom. The van der Waals surface area contributed by atoms with E-state index in [0.717, 1.165) is 30.4 Å². The Hall–Kier alpha value is -1.10. The van der Waals surface area contributed by atoms with E-state index in [0.29, 0.717) is 30.3 Å². The van der Waals surface area contributed by atoms with Gasteiger partial charge in [0.2, 0.25) is 0 Å². The van der Waals surface area contributed by atoms with E-state index in [1.807, 2.05) is 30.9 Å². The number of aryl methyl sites for hydroxylation is 2. The number of morpholine rings is 1. The number of halogens is 1. The summed E-state index contributed by atoms with van der Waals surface area (Å²) in [6, 6.07) is 3.69. The minimum absolute atomic E-state index is 0.0228. The molecule has 0 unspecified atom stereocenters. The van der Waals surface area contributed by atoms with Gasteiger partial charge in [0.25, 0.3) is 5.91 Å². The normalized spacial score (nSPS) is 28.2. The Kier molecular flexibility index (Phi) is 4.95. The maximum absolute atomic E-state index is 13.1. The van der Waals surface area contributed by atoms with Crippen LogP contribution in [0.4, 0.5) is 0 Å². The highest BCUT2D eigenvalue weighted by Crippen LogP contribution is 2.33. The van der Waals surface area contributed by atoms with Crippen LogP contribution in [0.15, 0.2) is 12.1 Å². The molecule has 0 spiro atoms.